The first-order chi connectivity index (χ1) is 11.7. The van der Waals surface area contributed by atoms with Gasteiger partial charge in [-0.2, -0.15) is 4.31 Å². The van der Waals surface area contributed by atoms with E-state index in [4.69, 9.17) is 9.88 Å². The molecule has 1 spiro atoms. The predicted molar refractivity (Wildman–Crippen MR) is 93.8 cm³/mol. The zero-order chi connectivity index (χ0) is 18.7. The Morgan fingerprint density at radius 3 is 2.00 bits per heavy atom. The summed E-state index contributed by atoms with van der Waals surface area (Å²) < 4.78 is 54.8. The zero-order valence-electron chi connectivity index (χ0n) is 14.4. The lowest BCUT2D eigenvalue weighted by molar-refractivity contribution is -0.0445. The first kappa shape index (κ1) is 20.3. The number of benzene rings is 1. The largest absolute Gasteiger partial charge is 0.359 e. The molecule has 0 amide bonds. The summed E-state index contributed by atoms with van der Waals surface area (Å²) in [6, 6.07) is 4.94. The summed E-state index contributed by atoms with van der Waals surface area (Å²) in [5.41, 5.74) is -0.399. The Kier molecular flexibility index (Phi) is 6.23. The van der Waals surface area contributed by atoms with Gasteiger partial charge < -0.3 is 4.74 Å². The summed E-state index contributed by atoms with van der Waals surface area (Å²) in [5, 5.41) is 8.30. The minimum atomic E-state index is -3.84. The molecule has 0 aliphatic carbocycles. The lowest BCUT2D eigenvalue weighted by Gasteiger charge is -2.37. The molecule has 0 bridgehead atoms. The topological polar surface area (TPSA) is 119 Å². The fourth-order valence-electron chi connectivity index (χ4n) is 2.94. The van der Waals surface area contributed by atoms with Crippen molar-refractivity contribution in [2.75, 3.05) is 26.2 Å². The van der Waals surface area contributed by atoms with E-state index in [1.165, 1.54) is 28.6 Å². The van der Waals surface area contributed by atoms with Crippen LogP contribution in [0, 0.1) is 0 Å². The van der Waals surface area contributed by atoms with Gasteiger partial charge in [0, 0.05) is 32.5 Å². The number of nitrogens with zero attached hydrogens (tertiary/aromatic N) is 1. The molecule has 2 fully saturated rings. The molecule has 0 saturated carbocycles. The predicted octanol–water partition coefficient (Wildman–Crippen LogP) is 0.461. The zero-order valence-corrected chi connectivity index (χ0v) is 16.1. The summed E-state index contributed by atoms with van der Waals surface area (Å²) in [7, 11) is -7.49. The first-order valence-corrected chi connectivity index (χ1v) is 11.2. The summed E-state index contributed by atoms with van der Waals surface area (Å²) in [5.74, 6) is 0. The van der Waals surface area contributed by atoms with Crippen LogP contribution in [0.25, 0.3) is 0 Å². The van der Waals surface area contributed by atoms with Crippen LogP contribution < -0.4 is 10.5 Å². The molecule has 0 unspecified atom stereocenters. The highest BCUT2D eigenvalue weighted by Gasteiger charge is 2.41. The number of primary sulfonamides is 1. The highest BCUT2D eigenvalue weighted by molar-refractivity contribution is 7.89. The maximum Gasteiger partial charge on any atom is 0.243 e. The third-order valence-corrected chi connectivity index (χ3v) is 7.09. The van der Waals surface area contributed by atoms with E-state index < -0.39 is 25.8 Å². The maximum atomic E-state index is 12.6. The summed E-state index contributed by atoms with van der Waals surface area (Å²) in [6.45, 7) is 6.13. The Balaban J connectivity index is 0.00000109. The Labute approximate surface area is 149 Å². The van der Waals surface area contributed by atoms with Gasteiger partial charge in [-0.1, -0.05) is 13.8 Å². The SMILES string of the molecule is CC.NS(=O)(=O)c1ccc(S(=O)(=O)N2CCC3(CC2)NCCO3)cc1. The molecule has 2 aliphatic heterocycles. The van der Waals surface area contributed by atoms with Crippen LogP contribution >= 0.6 is 0 Å². The van der Waals surface area contributed by atoms with Crippen molar-refractivity contribution in [3.8, 4) is 0 Å². The molecule has 2 saturated heterocycles. The Morgan fingerprint density at radius 1 is 1.04 bits per heavy atom. The van der Waals surface area contributed by atoms with Crippen molar-refractivity contribution in [2.45, 2.75) is 42.2 Å². The molecule has 2 aliphatic rings. The Morgan fingerprint density at radius 2 is 1.56 bits per heavy atom. The van der Waals surface area contributed by atoms with E-state index in [-0.39, 0.29) is 9.79 Å². The average molecular weight is 392 g/mol. The van der Waals surface area contributed by atoms with Crippen LogP contribution in [0.3, 0.4) is 0 Å². The number of nitrogens with one attached hydrogen (secondary N) is 1. The van der Waals surface area contributed by atoms with E-state index in [2.05, 4.69) is 5.32 Å². The molecular weight excluding hydrogens is 366 g/mol. The van der Waals surface area contributed by atoms with E-state index in [9.17, 15) is 16.8 Å². The van der Waals surface area contributed by atoms with Crippen molar-refractivity contribution in [3.63, 3.8) is 0 Å². The molecule has 25 heavy (non-hydrogen) atoms. The van der Waals surface area contributed by atoms with Crippen molar-refractivity contribution < 1.29 is 21.6 Å². The van der Waals surface area contributed by atoms with Gasteiger partial charge >= 0.3 is 0 Å². The molecule has 2 heterocycles. The number of hydrogen-bond acceptors (Lipinski definition) is 6. The molecule has 3 N–H and O–H groups in total. The van der Waals surface area contributed by atoms with Gasteiger partial charge in [0.15, 0.2) is 0 Å². The molecule has 8 nitrogen and oxygen atoms in total. The molecule has 142 valence electrons. The molecule has 0 radical (unpaired) electrons. The van der Waals surface area contributed by atoms with Gasteiger partial charge in [-0.05, 0) is 24.3 Å². The second kappa shape index (κ2) is 7.68. The van der Waals surface area contributed by atoms with Gasteiger partial charge in [0.2, 0.25) is 20.0 Å². The molecule has 10 heteroatoms. The third-order valence-electron chi connectivity index (χ3n) is 4.25. The van der Waals surface area contributed by atoms with Crippen LogP contribution in [0.2, 0.25) is 0 Å². The number of ether oxygens (including phenoxy) is 1. The smallest absolute Gasteiger partial charge is 0.243 e. The van der Waals surface area contributed by atoms with E-state index in [1.54, 1.807) is 0 Å². The fourth-order valence-corrected chi connectivity index (χ4v) is 4.89. The van der Waals surface area contributed by atoms with Gasteiger partial charge in [0.25, 0.3) is 0 Å². The third kappa shape index (κ3) is 4.39. The molecular formula is C15H25N3O5S2. The monoisotopic (exact) mass is 391 g/mol. The van der Waals surface area contributed by atoms with Gasteiger partial charge in [-0.15, -0.1) is 0 Å². The number of piperidine rings is 1. The van der Waals surface area contributed by atoms with Crippen molar-refractivity contribution in [1.82, 2.24) is 9.62 Å². The fraction of sp³-hybridized carbons (Fsp3) is 0.600. The summed E-state index contributed by atoms with van der Waals surface area (Å²) in [6.07, 6.45) is 1.17. The normalized spacial score (nSPS) is 20.9. The highest BCUT2D eigenvalue weighted by atomic mass is 32.2. The Bertz CT molecular complexity index is 775. The van der Waals surface area contributed by atoms with E-state index in [0.717, 1.165) is 6.54 Å². The average Bonchev–Trinajstić information content (AvgIpc) is 3.04. The van der Waals surface area contributed by atoms with Crippen LogP contribution in [0.4, 0.5) is 0 Å². The van der Waals surface area contributed by atoms with Crippen LogP contribution in [0.1, 0.15) is 26.7 Å². The molecule has 1 aromatic rings. The van der Waals surface area contributed by atoms with E-state index in [1.807, 2.05) is 13.8 Å². The van der Waals surface area contributed by atoms with Crippen LogP contribution in [0.5, 0.6) is 0 Å². The van der Waals surface area contributed by atoms with Gasteiger partial charge in [0.1, 0.15) is 5.72 Å². The Hall–Kier alpha value is -1.04. The van der Waals surface area contributed by atoms with E-state index in [0.29, 0.717) is 32.5 Å². The number of rotatable bonds is 3. The van der Waals surface area contributed by atoms with Gasteiger partial charge in [0.05, 0.1) is 16.4 Å². The second-order valence-electron chi connectivity index (χ2n) is 5.69. The van der Waals surface area contributed by atoms with Crippen LogP contribution in [-0.2, 0) is 24.8 Å². The molecule has 0 aromatic heterocycles. The standard InChI is InChI=1S/C13H19N3O5S2.C2H6/c14-22(17,18)11-1-3-12(4-2-11)23(19,20)16-8-5-13(6-9-16)15-7-10-21-13;1-2/h1-4,15H,5-10H2,(H2,14,17,18);1-2H3. The maximum absolute atomic E-state index is 12.6. The molecule has 0 atom stereocenters. The molecule has 1 aromatic carbocycles. The van der Waals surface area contributed by atoms with E-state index >= 15 is 0 Å². The highest BCUT2D eigenvalue weighted by Crippen LogP contribution is 2.29. The van der Waals surface area contributed by atoms with Crippen molar-refractivity contribution >= 4 is 20.0 Å². The van der Waals surface area contributed by atoms with Crippen molar-refractivity contribution in [1.29, 1.82) is 0 Å². The number of hydrogen-bond donors (Lipinski definition) is 2. The van der Waals surface area contributed by atoms with Crippen molar-refractivity contribution in [3.05, 3.63) is 24.3 Å². The van der Waals surface area contributed by atoms with Gasteiger partial charge in [-0.3, -0.25) is 5.32 Å². The summed E-state index contributed by atoms with van der Waals surface area (Å²) in [4.78, 5) is -0.0567. The minimum absolute atomic E-state index is 0.0566. The quantitative estimate of drug-likeness (QED) is 0.773. The number of sulfonamides is 2. The number of nitrogens with two attached hydrogens (primary N) is 1. The first-order valence-electron chi connectivity index (χ1n) is 8.25. The van der Waals surface area contributed by atoms with Crippen LogP contribution in [0.15, 0.2) is 34.1 Å². The summed E-state index contributed by atoms with van der Waals surface area (Å²) >= 11 is 0. The lowest BCUT2D eigenvalue weighted by Crippen LogP contribution is -2.52. The minimum Gasteiger partial charge on any atom is -0.359 e. The van der Waals surface area contributed by atoms with Crippen molar-refractivity contribution in [2.24, 2.45) is 5.14 Å². The van der Waals surface area contributed by atoms with Crippen LogP contribution in [-0.4, -0.2) is 53.1 Å². The van der Waals surface area contributed by atoms with Gasteiger partial charge in [-0.25, -0.2) is 22.0 Å². The lowest BCUT2D eigenvalue weighted by atomic mass is 10.0. The second-order valence-corrected chi connectivity index (χ2v) is 9.19. The molecule has 3 rings (SSSR count).